The molecule has 1 aliphatic carbocycles. The SMILES string of the molecule is Cn1c(=O)n(C2CCC(C)(NC(=O)O)CC2)c2c3cc(Br)n(S(=O)(=O)c4ccccc4)c3ncc21. The van der Waals surface area contributed by atoms with Gasteiger partial charge in [-0.3, -0.25) is 9.13 Å². The standard InChI is InChI=1S/C23H24BrN5O5S/c1-23(26-21(30)31)10-8-14(9-11-23)28-19-16-12-18(24)29(35(33,34)15-6-4-3-5-7-15)20(16)25-13-17(19)27(2)22(28)32/h3-7,12-14,26H,8-11H2,1-2H3,(H,30,31). The van der Waals surface area contributed by atoms with Crippen molar-refractivity contribution >= 4 is 54.1 Å². The quantitative estimate of drug-likeness (QED) is 0.389. The van der Waals surface area contributed by atoms with Crippen molar-refractivity contribution in [2.45, 2.75) is 49.1 Å². The van der Waals surface area contributed by atoms with Gasteiger partial charge in [0.1, 0.15) is 4.60 Å². The minimum atomic E-state index is -3.94. The third kappa shape index (κ3) is 3.75. The second-order valence-electron chi connectivity index (χ2n) is 9.21. The molecule has 1 aromatic carbocycles. The molecule has 1 fully saturated rings. The van der Waals surface area contributed by atoms with Crippen LogP contribution in [0.2, 0.25) is 0 Å². The van der Waals surface area contributed by atoms with Crippen LogP contribution in [0.1, 0.15) is 38.6 Å². The van der Waals surface area contributed by atoms with Crippen LogP contribution in [0.3, 0.4) is 0 Å². The van der Waals surface area contributed by atoms with E-state index in [2.05, 4.69) is 26.2 Å². The van der Waals surface area contributed by atoms with Crippen molar-refractivity contribution in [3.8, 4) is 0 Å². The Labute approximate surface area is 209 Å². The summed E-state index contributed by atoms with van der Waals surface area (Å²) in [6, 6.07) is 9.62. The first-order valence-electron chi connectivity index (χ1n) is 11.1. The number of hydrogen-bond acceptors (Lipinski definition) is 5. The molecule has 0 radical (unpaired) electrons. The highest BCUT2D eigenvalue weighted by Gasteiger charge is 2.35. The first-order valence-corrected chi connectivity index (χ1v) is 13.4. The van der Waals surface area contributed by atoms with Crippen molar-refractivity contribution in [1.82, 2.24) is 23.4 Å². The summed E-state index contributed by atoms with van der Waals surface area (Å²) in [6.07, 6.45) is 2.82. The van der Waals surface area contributed by atoms with Gasteiger partial charge in [-0.1, -0.05) is 18.2 Å². The predicted molar refractivity (Wildman–Crippen MR) is 134 cm³/mol. The van der Waals surface area contributed by atoms with Crippen LogP contribution in [0, 0.1) is 0 Å². The fourth-order valence-corrected chi connectivity index (χ4v) is 7.41. The minimum absolute atomic E-state index is 0.128. The minimum Gasteiger partial charge on any atom is -0.465 e. The first-order chi connectivity index (χ1) is 16.5. The van der Waals surface area contributed by atoms with Gasteiger partial charge in [-0.05, 0) is 66.7 Å². The third-order valence-corrected chi connectivity index (χ3v) is 9.44. The summed E-state index contributed by atoms with van der Waals surface area (Å²) in [6.45, 7) is 1.87. The molecule has 5 rings (SSSR count). The maximum atomic E-state index is 13.4. The number of halogens is 1. The monoisotopic (exact) mass is 561 g/mol. The molecule has 0 spiro atoms. The largest absolute Gasteiger partial charge is 0.465 e. The molecule has 0 unspecified atom stereocenters. The van der Waals surface area contributed by atoms with Gasteiger partial charge in [-0.15, -0.1) is 0 Å². The van der Waals surface area contributed by atoms with Crippen molar-refractivity contribution < 1.29 is 18.3 Å². The van der Waals surface area contributed by atoms with Gasteiger partial charge in [-0.2, -0.15) is 0 Å². The Hall–Kier alpha value is -3.12. The van der Waals surface area contributed by atoms with Gasteiger partial charge in [0.2, 0.25) is 0 Å². The van der Waals surface area contributed by atoms with E-state index >= 15 is 0 Å². The molecule has 2 N–H and O–H groups in total. The van der Waals surface area contributed by atoms with Gasteiger partial charge in [-0.25, -0.2) is 27.0 Å². The number of rotatable bonds is 4. The molecule has 1 saturated carbocycles. The van der Waals surface area contributed by atoms with E-state index in [1.54, 1.807) is 35.9 Å². The number of fused-ring (bicyclic) bond motifs is 3. The Morgan fingerprint density at radius 2 is 1.89 bits per heavy atom. The number of amides is 1. The molecule has 184 valence electrons. The third-order valence-electron chi connectivity index (χ3n) is 6.91. The normalized spacial score (nSPS) is 20.9. The zero-order valence-corrected chi connectivity index (χ0v) is 21.5. The maximum Gasteiger partial charge on any atom is 0.405 e. The van der Waals surface area contributed by atoms with E-state index in [-0.39, 0.29) is 22.3 Å². The highest BCUT2D eigenvalue weighted by atomic mass is 79.9. The second-order valence-corrected chi connectivity index (χ2v) is 11.8. The molecule has 35 heavy (non-hydrogen) atoms. The summed E-state index contributed by atoms with van der Waals surface area (Å²) < 4.78 is 31.6. The maximum absolute atomic E-state index is 13.4. The van der Waals surface area contributed by atoms with Crippen LogP contribution in [0.25, 0.3) is 22.1 Å². The highest BCUT2D eigenvalue weighted by molar-refractivity contribution is 9.10. The number of nitrogens with one attached hydrogen (secondary N) is 1. The van der Waals surface area contributed by atoms with Gasteiger partial charge in [0, 0.05) is 24.0 Å². The van der Waals surface area contributed by atoms with Crippen LogP contribution in [-0.4, -0.2) is 43.2 Å². The Morgan fingerprint density at radius 1 is 1.23 bits per heavy atom. The zero-order valence-electron chi connectivity index (χ0n) is 19.1. The van der Waals surface area contributed by atoms with E-state index in [0.717, 1.165) is 3.97 Å². The average Bonchev–Trinajstić information content (AvgIpc) is 3.28. The molecule has 0 aliphatic heterocycles. The van der Waals surface area contributed by atoms with Gasteiger partial charge in [0.15, 0.2) is 5.65 Å². The fourth-order valence-electron chi connectivity index (χ4n) is 5.08. The molecule has 0 atom stereocenters. The molecule has 1 aliphatic rings. The van der Waals surface area contributed by atoms with E-state index in [4.69, 9.17) is 5.11 Å². The molecule has 10 nitrogen and oxygen atoms in total. The van der Waals surface area contributed by atoms with Crippen LogP contribution in [0.5, 0.6) is 0 Å². The molecule has 3 aromatic heterocycles. The van der Waals surface area contributed by atoms with Crippen LogP contribution in [-0.2, 0) is 17.1 Å². The number of hydrogen-bond donors (Lipinski definition) is 2. The summed E-state index contributed by atoms with van der Waals surface area (Å²) in [5, 5.41) is 12.3. The Morgan fingerprint density at radius 3 is 2.51 bits per heavy atom. The van der Waals surface area contributed by atoms with Crippen molar-refractivity contribution in [3.63, 3.8) is 0 Å². The summed E-state index contributed by atoms with van der Waals surface area (Å²) in [5.41, 5.74) is 0.666. The lowest BCUT2D eigenvalue weighted by Gasteiger charge is -2.37. The molecule has 3 heterocycles. The number of pyridine rings is 1. The highest BCUT2D eigenvalue weighted by Crippen LogP contribution is 2.38. The molecule has 0 saturated heterocycles. The van der Waals surface area contributed by atoms with Crippen LogP contribution < -0.4 is 11.0 Å². The summed E-state index contributed by atoms with van der Waals surface area (Å²) in [7, 11) is -2.27. The predicted octanol–water partition coefficient (Wildman–Crippen LogP) is 3.83. The Bertz CT molecular complexity index is 1630. The first kappa shape index (κ1) is 23.6. The molecular formula is C23H24BrN5O5S. The summed E-state index contributed by atoms with van der Waals surface area (Å²) >= 11 is 3.40. The van der Waals surface area contributed by atoms with Crippen molar-refractivity contribution in [3.05, 3.63) is 57.7 Å². The lowest BCUT2D eigenvalue weighted by Crippen LogP contribution is -2.48. The summed E-state index contributed by atoms with van der Waals surface area (Å²) in [5.74, 6) is 0. The molecule has 12 heteroatoms. The fraction of sp³-hybridized carbons (Fsp3) is 0.348. The van der Waals surface area contributed by atoms with Crippen molar-refractivity contribution in [2.24, 2.45) is 7.05 Å². The van der Waals surface area contributed by atoms with Gasteiger partial charge in [0.25, 0.3) is 10.0 Å². The molecule has 4 aromatic rings. The van der Waals surface area contributed by atoms with E-state index < -0.39 is 21.7 Å². The van der Waals surface area contributed by atoms with Crippen LogP contribution in [0.15, 0.2) is 56.9 Å². The zero-order chi connectivity index (χ0) is 25.1. The smallest absolute Gasteiger partial charge is 0.405 e. The van der Waals surface area contributed by atoms with Crippen LogP contribution in [0.4, 0.5) is 4.79 Å². The van der Waals surface area contributed by atoms with E-state index in [9.17, 15) is 18.0 Å². The number of carbonyl (C=O) groups is 1. The lowest BCUT2D eigenvalue weighted by molar-refractivity contribution is 0.158. The van der Waals surface area contributed by atoms with Crippen LogP contribution >= 0.6 is 15.9 Å². The molecule has 0 bridgehead atoms. The topological polar surface area (TPSA) is 128 Å². The van der Waals surface area contributed by atoms with E-state index in [0.29, 0.717) is 46.7 Å². The van der Waals surface area contributed by atoms with Crippen molar-refractivity contribution in [1.29, 1.82) is 0 Å². The van der Waals surface area contributed by atoms with E-state index in [1.165, 1.54) is 22.9 Å². The van der Waals surface area contributed by atoms with Gasteiger partial charge < -0.3 is 10.4 Å². The van der Waals surface area contributed by atoms with E-state index in [1.807, 2.05) is 6.92 Å². The van der Waals surface area contributed by atoms with Gasteiger partial charge >= 0.3 is 11.8 Å². The number of carboxylic acid groups (broad SMARTS) is 1. The number of imidazole rings is 1. The lowest BCUT2D eigenvalue weighted by atomic mass is 9.80. The van der Waals surface area contributed by atoms with Crippen molar-refractivity contribution in [2.75, 3.05) is 0 Å². The average molecular weight is 562 g/mol. The number of nitrogens with zero attached hydrogens (tertiary/aromatic N) is 4. The Balaban J connectivity index is 1.68. The number of benzene rings is 1. The second kappa shape index (κ2) is 8.23. The summed E-state index contributed by atoms with van der Waals surface area (Å²) in [4.78, 5) is 29.1. The van der Waals surface area contributed by atoms with Gasteiger partial charge in [0.05, 0.1) is 22.1 Å². The number of aryl methyl sites for hydroxylation is 1. The Kier molecular flexibility index (Phi) is 5.55. The molecule has 1 amide bonds. The molecular weight excluding hydrogens is 538 g/mol. The number of aromatic nitrogens is 4.